The highest BCUT2D eigenvalue weighted by molar-refractivity contribution is 7.99. The zero-order valence-electron chi connectivity index (χ0n) is 16.2. The van der Waals surface area contributed by atoms with Gasteiger partial charge in [0.25, 0.3) is 0 Å². The first-order chi connectivity index (χ1) is 14.1. The lowest BCUT2D eigenvalue weighted by atomic mass is 9.84. The zero-order chi connectivity index (χ0) is 20.2. The van der Waals surface area contributed by atoms with Crippen LogP contribution in [0.15, 0.2) is 58.8 Å². The molecule has 0 bridgehead atoms. The van der Waals surface area contributed by atoms with Crippen LogP contribution >= 0.6 is 35.0 Å². The van der Waals surface area contributed by atoms with E-state index in [4.69, 9.17) is 23.2 Å². The summed E-state index contributed by atoms with van der Waals surface area (Å²) in [5, 5.41) is 12.6. The van der Waals surface area contributed by atoms with Gasteiger partial charge in [0.05, 0.1) is 11.6 Å². The van der Waals surface area contributed by atoms with Crippen molar-refractivity contribution in [1.29, 1.82) is 0 Å². The fourth-order valence-corrected chi connectivity index (χ4v) is 6.07. The van der Waals surface area contributed by atoms with Gasteiger partial charge < -0.3 is 9.67 Å². The Morgan fingerprint density at radius 3 is 2.38 bits per heavy atom. The smallest absolute Gasteiger partial charge is 0.0838 e. The lowest BCUT2D eigenvalue weighted by Crippen LogP contribution is -2.08. The Hall–Kier alpha value is -1.46. The lowest BCUT2D eigenvalue weighted by molar-refractivity contribution is 0.278. The lowest BCUT2D eigenvalue weighted by Gasteiger charge is -2.24. The Bertz CT molecular complexity index is 948. The van der Waals surface area contributed by atoms with Crippen molar-refractivity contribution in [2.75, 3.05) is 0 Å². The molecule has 0 saturated heterocycles. The largest absolute Gasteiger partial charge is 0.392 e. The molecular weight excluding hydrogens is 423 g/mol. The van der Waals surface area contributed by atoms with Gasteiger partial charge in [-0.1, -0.05) is 54.2 Å². The second kappa shape index (κ2) is 9.57. The fourth-order valence-electron chi connectivity index (χ4n) is 4.18. The van der Waals surface area contributed by atoms with Crippen LogP contribution in [0.1, 0.15) is 54.7 Å². The maximum absolute atomic E-state index is 10.1. The monoisotopic (exact) mass is 446 g/mol. The van der Waals surface area contributed by atoms with Crippen LogP contribution in [0.5, 0.6) is 0 Å². The molecule has 1 N–H and O–H groups in total. The van der Waals surface area contributed by atoms with Gasteiger partial charge in [-0.2, -0.15) is 0 Å². The summed E-state index contributed by atoms with van der Waals surface area (Å²) in [6, 6.07) is 9.72. The van der Waals surface area contributed by atoms with Crippen LogP contribution in [-0.2, 0) is 13.2 Å². The third-order valence-electron chi connectivity index (χ3n) is 5.49. The molecule has 1 aromatic carbocycles. The predicted molar refractivity (Wildman–Crippen MR) is 120 cm³/mol. The van der Waals surface area contributed by atoms with E-state index in [-0.39, 0.29) is 6.61 Å². The number of aromatic nitrogens is 2. The van der Waals surface area contributed by atoms with Crippen LogP contribution in [-0.4, -0.2) is 14.7 Å². The van der Waals surface area contributed by atoms with E-state index in [2.05, 4.69) is 15.7 Å². The van der Waals surface area contributed by atoms with Crippen molar-refractivity contribution < 1.29 is 5.11 Å². The number of rotatable bonds is 6. The van der Waals surface area contributed by atoms with Gasteiger partial charge in [-0.3, -0.25) is 4.98 Å². The number of hydrogen-bond acceptors (Lipinski definition) is 3. The maximum atomic E-state index is 10.1. The van der Waals surface area contributed by atoms with E-state index in [0.717, 1.165) is 17.0 Å². The number of aliphatic hydroxyl groups is 1. The van der Waals surface area contributed by atoms with Crippen LogP contribution < -0.4 is 0 Å². The van der Waals surface area contributed by atoms with Gasteiger partial charge >= 0.3 is 0 Å². The van der Waals surface area contributed by atoms with Crippen molar-refractivity contribution in [3.63, 3.8) is 0 Å². The predicted octanol–water partition coefficient (Wildman–Crippen LogP) is 6.93. The Morgan fingerprint density at radius 2 is 1.72 bits per heavy atom. The Balaban J connectivity index is 1.78. The molecule has 1 fully saturated rings. The van der Waals surface area contributed by atoms with Crippen molar-refractivity contribution >= 4 is 35.0 Å². The molecule has 3 nitrogen and oxygen atoms in total. The average molecular weight is 447 g/mol. The Labute approximate surface area is 186 Å². The highest BCUT2D eigenvalue weighted by atomic mass is 35.5. The molecule has 4 rings (SSSR count). The molecule has 1 aliphatic carbocycles. The second-order valence-electron chi connectivity index (χ2n) is 7.56. The van der Waals surface area contributed by atoms with E-state index in [1.54, 1.807) is 17.8 Å². The highest BCUT2D eigenvalue weighted by Gasteiger charge is 2.26. The molecule has 3 aromatic rings. The number of aliphatic hydroxyl groups excluding tert-OH is 1. The first-order valence-corrected chi connectivity index (χ1v) is 11.6. The number of halogens is 2. The molecule has 152 valence electrons. The molecule has 0 aliphatic heterocycles. The molecule has 29 heavy (non-hydrogen) atoms. The zero-order valence-corrected chi connectivity index (χ0v) is 18.5. The molecule has 1 aliphatic rings. The second-order valence-corrected chi connectivity index (χ2v) is 9.49. The van der Waals surface area contributed by atoms with Gasteiger partial charge in [-0.05, 0) is 65.8 Å². The van der Waals surface area contributed by atoms with Gasteiger partial charge in [0.1, 0.15) is 0 Å². The van der Waals surface area contributed by atoms with Gasteiger partial charge in [0.15, 0.2) is 0 Å². The van der Waals surface area contributed by atoms with Gasteiger partial charge in [0, 0.05) is 40.1 Å². The quantitative estimate of drug-likeness (QED) is 0.445. The Kier molecular flexibility index (Phi) is 6.86. The van der Waals surface area contributed by atoms with Crippen molar-refractivity contribution in [1.82, 2.24) is 9.55 Å². The molecule has 2 heterocycles. The van der Waals surface area contributed by atoms with E-state index in [1.807, 2.05) is 36.7 Å². The van der Waals surface area contributed by atoms with E-state index in [0.29, 0.717) is 16.0 Å². The first kappa shape index (κ1) is 20.8. The molecular formula is C23H24Cl2N2OS. The SMILES string of the molecule is OCc1cn(Cc2ccncc2)c(Sc2cc(Cl)cc(Cl)c2)c1C1CCCCC1. The molecule has 2 aromatic heterocycles. The van der Waals surface area contributed by atoms with E-state index < -0.39 is 0 Å². The highest BCUT2D eigenvalue weighted by Crippen LogP contribution is 2.44. The number of nitrogens with zero attached hydrogens (tertiary/aromatic N) is 2. The average Bonchev–Trinajstić information content (AvgIpc) is 3.05. The van der Waals surface area contributed by atoms with Gasteiger partial charge in [0.2, 0.25) is 0 Å². The fraction of sp³-hybridized carbons (Fsp3) is 0.348. The van der Waals surface area contributed by atoms with Crippen LogP contribution in [0.2, 0.25) is 10.0 Å². The molecule has 0 amide bonds. The molecule has 0 radical (unpaired) electrons. The minimum atomic E-state index is 0.0546. The Morgan fingerprint density at radius 1 is 1.03 bits per heavy atom. The summed E-state index contributed by atoms with van der Waals surface area (Å²) in [5.74, 6) is 0.488. The van der Waals surface area contributed by atoms with E-state index in [1.165, 1.54) is 48.3 Å². The number of pyridine rings is 1. The van der Waals surface area contributed by atoms with Crippen molar-refractivity contribution in [2.45, 2.75) is 61.1 Å². The van der Waals surface area contributed by atoms with Gasteiger partial charge in [-0.25, -0.2) is 0 Å². The molecule has 1 saturated carbocycles. The van der Waals surface area contributed by atoms with Crippen molar-refractivity contribution in [3.8, 4) is 0 Å². The summed E-state index contributed by atoms with van der Waals surface area (Å²) in [6.45, 7) is 0.790. The van der Waals surface area contributed by atoms with Crippen LogP contribution in [0.4, 0.5) is 0 Å². The van der Waals surface area contributed by atoms with Crippen LogP contribution in [0.3, 0.4) is 0 Å². The summed E-state index contributed by atoms with van der Waals surface area (Å²) < 4.78 is 2.25. The maximum Gasteiger partial charge on any atom is 0.0838 e. The summed E-state index contributed by atoms with van der Waals surface area (Å²) in [6.07, 6.45) is 11.9. The summed E-state index contributed by atoms with van der Waals surface area (Å²) >= 11 is 14.2. The van der Waals surface area contributed by atoms with Gasteiger partial charge in [-0.15, -0.1) is 0 Å². The molecule has 0 spiro atoms. The minimum absolute atomic E-state index is 0.0546. The summed E-state index contributed by atoms with van der Waals surface area (Å²) in [4.78, 5) is 5.14. The van der Waals surface area contributed by atoms with Crippen molar-refractivity contribution in [3.05, 3.63) is 75.7 Å². The third kappa shape index (κ3) is 5.00. The number of hydrogen-bond donors (Lipinski definition) is 1. The number of benzene rings is 1. The van der Waals surface area contributed by atoms with E-state index in [9.17, 15) is 5.11 Å². The van der Waals surface area contributed by atoms with Crippen LogP contribution in [0, 0.1) is 0 Å². The first-order valence-electron chi connectivity index (χ1n) is 9.99. The summed E-state index contributed by atoms with van der Waals surface area (Å²) in [7, 11) is 0. The topological polar surface area (TPSA) is 38.0 Å². The van der Waals surface area contributed by atoms with Crippen molar-refractivity contribution in [2.24, 2.45) is 0 Å². The third-order valence-corrected chi connectivity index (χ3v) is 7.04. The molecule has 0 unspecified atom stereocenters. The molecule has 0 atom stereocenters. The van der Waals surface area contributed by atoms with E-state index >= 15 is 0 Å². The van der Waals surface area contributed by atoms with Crippen LogP contribution in [0.25, 0.3) is 0 Å². The standard InChI is InChI=1S/C23H24Cl2N2OS/c24-19-10-20(25)12-21(11-19)29-23-22(17-4-2-1-3-5-17)18(15-28)14-27(23)13-16-6-8-26-9-7-16/h6-12,14,17,28H,1-5,13,15H2. The normalized spacial score (nSPS) is 15.0. The summed E-state index contributed by atoms with van der Waals surface area (Å²) in [5.41, 5.74) is 3.50. The molecule has 6 heteroatoms. The minimum Gasteiger partial charge on any atom is -0.392 e.